The Balaban J connectivity index is 1.22. The molecule has 3 aromatic heterocycles. The van der Waals surface area contributed by atoms with Gasteiger partial charge in [-0.3, -0.25) is 14.0 Å². The second-order valence-electron chi connectivity index (χ2n) is 6.81. The fourth-order valence-corrected chi connectivity index (χ4v) is 4.24. The number of ether oxygens (including phenoxy) is 1. The smallest absolute Gasteiger partial charge is 0.306 e. The molecule has 0 aliphatic rings. The number of rotatable bonds is 6. The fraction of sp³-hybridized carbons (Fsp3) is 0.136. The Hall–Kier alpha value is -3.85. The maximum atomic E-state index is 12.5. The second kappa shape index (κ2) is 8.11. The Morgan fingerprint density at radius 3 is 2.74 bits per heavy atom. The molecule has 31 heavy (non-hydrogen) atoms. The van der Waals surface area contributed by atoms with Gasteiger partial charge in [-0.1, -0.05) is 59.0 Å². The van der Waals surface area contributed by atoms with E-state index in [0.717, 1.165) is 15.8 Å². The summed E-state index contributed by atoms with van der Waals surface area (Å²) in [6.07, 6.45) is 0.352. The van der Waals surface area contributed by atoms with Crippen LogP contribution in [0.25, 0.3) is 26.6 Å². The van der Waals surface area contributed by atoms with Gasteiger partial charge in [0.25, 0.3) is 5.56 Å². The van der Waals surface area contributed by atoms with Gasteiger partial charge in [-0.15, -0.1) is 0 Å². The third kappa shape index (κ3) is 3.95. The third-order valence-corrected chi connectivity index (χ3v) is 5.69. The van der Waals surface area contributed by atoms with E-state index in [2.05, 4.69) is 15.1 Å². The molecular weight excluding hydrogens is 416 g/mol. The van der Waals surface area contributed by atoms with Gasteiger partial charge in [-0.2, -0.15) is 4.98 Å². The summed E-state index contributed by atoms with van der Waals surface area (Å²) in [7, 11) is 0. The van der Waals surface area contributed by atoms with Crippen LogP contribution in [0.4, 0.5) is 0 Å². The molecule has 0 radical (unpaired) electrons. The van der Waals surface area contributed by atoms with Crippen molar-refractivity contribution in [3.63, 3.8) is 0 Å². The van der Waals surface area contributed by atoms with Crippen molar-refractivity contribution in [3.8, 4) is 11.4 Å². The molecule has 0 amide bonds. The van der Waals surface area contributed by atoms with Crippen LogP contribution < -0.4 is 5.56 Å². The minimum absolute atomic E-state index is 0.0715. The van der Waals surface area contributed by atoms with Crippen molar-refractivity contribution in [1.82, 2.24) is 19.5 Å². The van der Waals surface area contributed by atoms with Gasteiger partial charge in [0.2, 0.25) is 11.7 Å². The summed E-state index contributed by atoms with van der Waals surface area (Å²) >= 11 is 1.42. The largest absolute Gasteiger partial charge is 0.459 e. The summed E-state index contributed by atoms with van der Waals surface area (Å²) in [6, 6.07) is 18.4. The van der Waals surface area contributed by atoms with Gasteiger partial charge in [-0.25, -0.2) is 4.98 Å². The standard InChI is InChI=1S/C22H16N4O4S/c27-19-12-15(23-22-26(19)16-8-4-5-9-17(16)31-22)13-29-20(28)11-10-18-24-21(25-30-18)14-6-2-1-3-7-14/h1-9,12H,10-11,13H2. The van der Waals surface area contributed by atoms with Crippen LogP contribution >= 0.6 is 11.3 Å². The number of nitrogens with zero attached hydrogens (tertiary/aromatic N) is 4. The van der Waals surface area contributed by atoms with Gasteiger partial charge in [0, 0.05) is 18.1 Å². The highest BCUT2D eigenvalue weighted by Gasteiger charge is 2.13. The molecule has 154 valence electrons. The molecule has 0 aliphatic heterocycles. The molecule has 9 heteroatoms. The first-order valence-electron chi connectivity index (χ1n) is 9.61. The van der Waals surface area contributed by atoms with Gasteiger partial charge in [0.1, 0.15) is 6.61 Å². The number of aryl methyl sites for hydroxylation is 1. The van der Waals surface area contributed by atoms with Crippen molar-refractivity contribution in [2.75, 3.05) is 0 Å². The highest BCUT2D eigenvalue weighted by molar-refractivity contribution is 7.23. The molecule has 0 aliphatic carbocycles. The molecule has 5 rings (SSSR count). The SMILES string of the molecule is O=C(CCc1nc(-c2ccccc2)no1)OCc1cc(=O)n2c(n1)sc1ccccc12. The molecule has 0 saturated carbocycles. The van der Waals surface area contributed by atoms with Crippen LogP contribution in [0.1, 0.15) is 18.0 Å². The van der Waals surface area contributed by atoms with Crippen molar-refractivity contribution in [2.45, 2.75) is 19.4 Å². The van der Waals surface area contributed by atoms with Crippen LogP contribution in [0.15, 0.2) is 70.0 Å². The quantitative estimate of drug-likeness (QED) is 0.378. The van der Waals surface area contributed by atoms with Crippen molar-refractivity contribution in [1.29, 1.82) is 0 Å². The molecular formula is C22H16N4O4S. The Labute approximate surface area is 179 Å². The predicted octanol–water partition coefficient (Wildman–Crippen LogP) is 3.64. The molecule has 0 unspecified atom stereocenters. The molecule has 8 nitrogen and oxygen atoms in total. The van der Waals surface area contributed by atoms with E-state index >= 15 is 0 Å². The molecule has 5 aromatic rings. The number of para-hydroxylation sites is 1. The van der Waals surface area contributed by atoms with E-state index in [1.165, 1.54) is 17.4 Å². The average Bonchev–Trinajstić information content (AvgIpc) is 3.41. The Morgan fingerprint density at radius 2 is 1.87 bits per heavy atom. The molecule has 0 spiro atoms. The maximum absolute atomic E-state index is 12.5. The lowest BCUT2D eigenvalue weighted by Gasteiger charge is -2.04. The van der Waals surface area contributed by atoms with E-state index in [4.69, 9.17) is 9.26 Å². The predicted molar refractivity (Wildman–Crippen MR) is 115 cm³/mol. The number of aromatic nitrogens is 4. The fourth-order valence-electron chi connectivity index (χ4n) is 3.19. The monoisotopic (exact) mass is 432 g/mol. The Bertz CT molecular complexity index is 1440. The summed E-state index contributed by atoms with van der Waals surface area (Å²) in [5.41, 5.74) is 1.87. The highest BCUT2D eigenvalue weighted by atomic mass is 32.1. The van der Waals surface area contributed by atoms with Crippen molar-refractivity contribution >= 4 is 32.5 Å². The number of esters is 1. The molecule has 0 bridgehead atoms. The zero-order valence-corrected chi connectivity index (χ0v) is 17.0. The second-order valence-corrected chi connectivity index (χ2v) is 7.82. The van der Waals surface area contributed by atoms with Crippen molar-refractivity contribution in [3.05, 3.63) is 82.6 Å². The zero-order chi connectivity index (χ0) is 21.2. The number of thiazole rings is 1. The lowest BCUT2D eigenvalue weighted by Crippen LogP contribution is -2.15. The molecule has 0 fully saturated rings. The number of carbonyl (C=O) groups excluding carboxylic acids is 1. The van der Waals surface area contributed by atoms with Gasteiger partial charge < -0.3 is 9.26 Å². The van der Waals surface area contributed by atoms with Gasteiger partial charge in [0.15, 0.2) is 4.96 Å². The maximum Gasteiger partial charge on any atom is 0.306 e. The highest BCUT2D eigenvalue weighted by Crippen LogP contribution is 2.23. The summed E-state index contributed by atoms with van der Waals surface area (Å²) in [4.78, 5) is 34.0. The topological polar surface area (TPSA) is 99.6 Å². The van der Waals surface area contributed by atoms with Crippen LogP contribution in [0.3, 0.4) is 0 Å². The van der Waals surface area contributed by atoms with E-state index < -0.39 is 5.97 Å². The summed E-state index contributed by atoms with van der Waals surface area (Å²) in [6.45, 7) is -0.0715. The molecule has 0 atom stereocenters. The third-order valence-electron chi connectivity index (χ3n) is 4.67. The summed E-state index contributed by atoms with van der Waals surface area (Å²) < 4.78 is 13.0. The zero-order valence-electron chi connectivity index (χ0n) is 16.2. The minimum atomic E-state index is -0.433. The Morgan fingerprint density at radius 1 is 1.06 bits per heavy atom. The van der Waals surface area contributed by atoms with Crippen LogP contribution in [-0.2, 0) is 22.6 Å². The van der Waals surface area contributed by atoms with Gasteiger partial charge in [-0.05, 0) is 12.1 Å². The number of fused-ring (bicyclic) bond motifs is 3. The van der Waals surface area contributed by atoms with E-state index in [0.29, 0.717) is 22.4 Å². The number of hydrogen-bond donors (Lipinski definition) is 0. The number of hydrogen-bond acceptors (Lipinski definition) is 8. The Kier molecular flexibility index (Phi) is 5.01. The van der Waals surface area contributed by atoms with E-state index in [1.807, 2.05) is 54.6 Å². The number of carbonyl (C=O) groups is 1. The van der Waals surface area contributed by atoms with E-state index in [9.17, 15) is 9.59 Å². The molecule has 3 heterocycles. The average molecular weight is 432 g/mol. The molecule has 0 N–H and O–H groups in total. The van der Waals surface area contributed by atoms with E-state index in [-0.39, 0.29) is 25.0 Å². The van der Waals surface area contributed by atoms with E-state index in [1.54, 1.807) is 4.40 Å². The van der Waals surface area contributed by atoms with Crippen LogP contribution in [0.2, 0.25) is 0 Å². The van der Waals surface area contributed by atoms with Gasteiger partial charge in [0.05, 0.1) is 22.3 Å². The van der Waals surface area contributed by atoms with Crippen LogP contribution in [0, 0.1) is 0 Å². The first kappa shape index (κ1) is 19.1. The van der Waals surface area contributed by atoms with Crippen molar-refractivity contribution in [2.24, 2.45) is 0 Å². The van der Waals surface area contributed by atoms with Crippen molar-refractivity contribution < 1.29 is 14.1 Å². The summed E-state index contributed by atoms with van der Waals surface area (Å²) in [5.74, 6) is 0.405. The number of benzene rings is 2. The first-order valence-corrected chi connectivity index (χ1v) is 10.4. The lowest BCUT2D eigenvalue weighted by molar-refractivity contribution is -0.145. The van der Waals surface area contributed by atoms with Crippen LogP contribution in [-0.4, -0.2) is 25.5 Å². The minimum Gasteiger partial charge on any atom is -0.459 e. The first-order chi connectivity index (χ1) is 15.2. The molecule has 2 aromatic carbocycles. The lowest BCUT2D eigenvalue weighted by atomic mass is 10.2. The van der Waals surface area contributed by atoms with Crippen LogP contribution in [0.5, 0.6) is 0 Å². The molecule has 0 saturated heterocycles. The summed E-state index contributed by atoms with van der Waals surface area (Å²) in [5, 5.41) is 3.93. The van der Waals surface area contributed by atoms with Gasteiger partial charge >= 0.3 is 5.97 Å². The normalized spacial score (nSPS) is 11.2.